The molecule has 0 aliphatic rings. The molecule has 0 fully saturated rings. The van der Waals surface area contributed by atoms with Crippen LogP contribution in [0.3, 0.4) is 0 Å². The van der Waals surface area contributed by atoms with Crippen LogP contribution in [0.25, 0.3) is 11.6 Å². The maximum Gasteiger partial charge on any atom is 0.148 e. The van der Waals surface area contributed by atoms with E-state index in [-0.39, 0.29) is 17.7 Å². The van der Waals surface area contributed by atoms with E-state index in [4.69, 9.17) is 11.2 Å². The Balaban J connectivity index is 2.44. The Kier molecular flexibility index (Phi) is 6.43. The molecule has 0 bridgehead atoms. The Morgan fingerprint density at radius 2 is 1.91 bits per heavy atom. The molecule has 114 valence electrons. The van der Waals surface area contributed by atoms with Gasteiger partial charge in [-0.3, -0.25) is 0 Å². The number of rotatable bonds is 4. The van der Waals surface area contributed by atoms with Crippen molar-refractivity contribution in [2.45, 2.75) is 0 Å². The first-order valence-electron chi connectivity index (χ1n) is 6.48. The van der Waals surface area contributed by atoms with Gasteiger partial charge in [-0.05, 0) is 75.0 Å². The zero-order valence-corrected chi connectivity index (χ0v) is 16.1. The van der Waals surface area contributed by atoms with Crippen LogP contribution >= 0.6 is 45.2 Å². The molecule has 0 heterocycles. The summed E-state index contributed by atoms with van der Waals surface area (Å²) in [6.07, 6.45) is 6.87. The molecule has 0 saturated heterocycles. The van der Waals surface area contributed by atoms with Crippen molar-refractivity contribution in [3.05, 3.63) is 60.5 Å². The fourth-order valence-corrected chi connectivity index (χ4v) is 4.06. The van der Waals surface area contributed by atoms with Gasteiger partial charge in [0.25, 0.3) is 0 Å². The quantitative estimate of drug-likeness (QED) is 0.239. The molecule has 0 N–H and O–H groups in total. The van der Waals surface area contributed by atoms with Crippen molar-refractivity contribution in [2.75, 3.05) is 6.61 Å². The van der Waals surface area contributed by atoms with Crippen LogP contribution in [-0.2, 0) is 0 Å². The Morgan fingerprint density at radius 1 is 1.26 bits per heavy atom. The summed E-state index contributed by atoms with van der Waals surface area (Å²) >= 11 is 4.29. The standard InChI is InChI=1S/C18H10FI2NO/c1-2-7-23-18-16(20)9-12(10-17(18)21)8-13(11-22)14-5-3-4-6-15(14)19/h1,3-6,8-10H,7H2/b13-8-. The lowest BCUT2D eigenvalue weighted by molar-refractivity contribution is 0.365. The molecule has 0 aromatic heterocycles. The van der Waals surface area contributed by atoms with Crippen molar-refractivity contribution >= 4 is 56.8 Å². The van der Waals surface area contributed by atoms with Gasteiger partial charge in [0.2, 0.25) is 0 Å². The van der Waals surface area contributed by atoms with E-state index in [0.717, 1.165) is 12.7 Å². The van der Waals surface area contributed by atoms with Crippen molar-refractivity contribution in [3.63, 3.8) is 0 Å². The molecule has 2 aromatic rings. The Bertz CT molecular complexity index is 824. The zero-order chi connectivity index (χ0) is 16.8. The van der Waals surface area contributed by atoms with Gasteiger partial charge in [-0.1, -0.05) is 24.1 Å². The molecule has 0 radical (unpaired) electrons. The molecule has 2 nitrogen and oxygen atoms in total. The normalized spacial score (nSPS) is 10.7. The third-order valence-corrected chi connectivity index (χ3v) is 4.52. The first-order chi connectivity index (χ1) is 11.1. The number of hydrogen-bond donors (Lipinski definition) is 0. The summed E-state index contributed by atoms with van der Waals surface area (Å²) in [6, 6.07) is 12.0. The summed E-state index contributed by atoms with van der Waals surface area (Å²) in [7, 11) is 0. The summed E-state index contributed by atoms with van der Waals surface area (Å²) in [4.78, 5) is 0. The third kappa shape index (κ3) is 4.46. The second-order valence-corrected chi connectivity index (χ2v) is 6.78. The lowest BCUT2D eigenvalue weighted by atomic mass is 10.0. The smallest absolute Gasteiger partial charge is 0.148 e. The minimum atomic E-state index is -0.418. The summed E-state index contributed by atoms with van der Waals surface area (Å²) < 4.78 is 21.1. The number of halogens is 3. The monoisotopic (exact) mass is 529 g/mol. The number of nitrogens with zero attached hydrogens (tertiary/aromatic N) is 1. The molecule has 2 aromatic carbocycles. The number of ether oxygens (including phenoxy) is 1. The van der Waals surface area contributed by atoms with Crippen LogP contribution in [0.1, 0.15) is 11.1 Å². The van der Waals surface area contributed by atoms with E-state index < -0.39 is 5.82 Å². The Hall–Kier alpha value is -1.58. The number of hydrogen-bond acceptors (Lipinski definition) is 2. The average Bonchev–Trinajstić information content (AvgIpc) is 2.53. The fraction of sp³-hybridized carbons (Fsp3) is 0.0556. The predicted molar refractivity (Wildman–Crippen MR) is 106 cm³/mol. The van der Waals surface area contributed by atoms with Gasteiger partial charge in [0.05, 0.1) is 18.8 Å². The fourth-order valence-electron chi connectivity index (χ4n) is 1.93. The van der Waals surface area contributed by atoms with E-state index in [0.29, 0.717) is 5.75 Å². The van der Waals surface area contributed by atoms with Crippen LogP contribution in [0.2, 0.25) is 0 Å². The number of allylic oxidation sites excluding steroid dienone is 1. The van der Waals surface area contributed by atoms with E-state index in [9.17, 15) is 9.65 Å². The molecule has 0 saturated carbocycles. The van der Waals surface area contributed by atoms with Crippen LogP contribution in [0.4, 0.5) is 4.39 Å². The highest BCUT2D eigenvalue weighted by Gasteiger charge is 2.10. The number of terminal acetylenes is 1. The SMILES string of the molecule is C#CCOc1c(I)cc(/C=C(/C#N)c2ccccc2F)cc1I. The molecule has 5 heteroatoms. The molecule has 0 aliphatic carbocycles. The van der Waals surface area contributed by atoms with E-state index >= 15 is 0 Å². The van der Waals surface area contributed by atoms with E-state index in [1.54, 1.807) is 24.3 Å². The van der Waals surface area contributed by atoms with Gasteiger partial charge < -0.3 is 4.74 Å². The largest absolute Gasteiger partial charge is 0.479 e. The molecule has 23 heavy (non-hydrogen) atoms. The zero-order valence-electron chi connectivity index (χ0n) is 11.8. The van der Waals surface area contributed by atoms with Gasteiger partial charge in [0, 0.05) is 5.56 Å². The van der Waals surface area contributed by atoms with E-state index in [2.05, 4.69) is 57.2 Å². The molecule has 0 unspecified atom stereocenters. The van der Waals surface area contributed by atoms with Gasteiger partial charge in [0.15, 0.2) is 0 Å². The van der Waals surface area contributed by atoms with Crippen molar-refractivity contribution < 1.29 is 9.13 Å². The van der Waals surface area contributed by atoms with Crippen molar-refractivity contribution in [3.8, 4) is 24.2 Å². The molecule has 2 rings (SSSR count). The Labute approximate surface area is 161 Å². The first-order valence-corrected chi connectivity index (χ1v) is 8.64. The first kappa shape index (κ1) is 17.8. The number of benzene rings is 2. The molecular formula is C18H10FI2NO. The second kappa shape index (κ2) is 8.32. The summed E-state index contributed by atoms with van der Waals surface area (Å²) in [5.74, 6) is 2.72. The Morgan fingerprint density at radius 3 is 2.48 bits per heavy atom. The van der Waals surface area contributed by atoms with Gasteiger partial charge in [-0.15, -0.1) is 6.42 Å². The van der Waals surface area contributed by atoms with E-state index in [1.165, 1.54) is 6.07 Å². The highest BCUT2D eigenvalue weighted by molar-refractivity contribution is 14.1. The lowest BCUT2D eigenvalue weighted by Gasteiger charge is -2.09. The maximum atomic E-state index is 13.9. The third-order valence-electron chi connectivity index (χ3n) is 2.92. The minimum Gasteiger partial charge on any atom is -0.479 e. The molecule has 0 aliphatic heterocycles. The topological polar surface area (TPSA) is 33.0 Å². The van der Waals surface area contributed by atoms with Crippen LogP contribution in [0.15, 0.2) is 36.4 Å². The summed E-state index contributed by atoms with van der Waals surface area (Å²) in [5, 5.41) is 9.34. The van der Waals surface area contributed by atoms with Crippen LogP contribution in [-0.4, -0.2) is 6.61 Å². The van der Waals surface area contributed by atoms with Crippen molar-refractivity contribution in [1.82, 2.24) is 0 Å². The van der Waals surface area contributed by atoms with E-state index in [1.807, 2.05) is 12.1 Å². The number of nitriles is 1. The maximum absolute atomic E-state index is 13.9. The minimum absolute atomic E-state index is 0.194. The molecule has 0 atom stereocenters. The van der Waals surface area contributed by atoms with Gasteiger partial charge in [-0.25, -0.2) is 4.39 Å². The van der Waals surface area contributed by atoms with Crippen molar-refractivity contribution in [2.24, 2.45) is 0 Å². The molecule has 0 spiro atoms. The lowest BCUT2D eigenvalue weighted by Crippen LogP contribution is -1.98. The highest BCUT2D eigenvalue weighted by Crippen LogP contribution is 2.30. The molecular weight excluding hydrogens is 519 g/mol. The van der Waals surface area contributed by atoms with Crippen molar-refractivity contribution in [1.29, 1.82) is 5.26 Å². The van der Waals surface area contributed by atoms with Gasteiger partial charge in [0.1, 0.15) is 18.2 Å². The molecule has 0 amide bonds. The predicted octanol–water partition coefficient (Wildman–Crippen LogP) is 5.11. The van der Waals surface area contributed by atoms with Gasteiger partial charge >= 0.3 is 0 Å². The summed E-state index contributed by atoms with van der Waals surface area (Å²) in [6.45, 7) is 0.194. The average molecular weight is 529 g/mol. The van der Waals surface area contributed by atoms with Gasteiger partial charge in [-0.2, -0.15) is 5.26 Å². The highest BCUT2D eigenvalue weighted by atomic mass is 127. The van der Waals surface area contributed by atoms with Crippen LogP contribution in [0, 0.1) is 36.6 Å². The second-order valence-electron chi connectivity index (χ2n) is 4.46. The van der Waals surface area contributed by atoms with Crippen LogP contribution < -0.4 is 4.74 Å². The summed E-state index contributed by atoms with van der Waals surface area (Å²) in [5.41, 5.74) is 1.35. The van der Waals surface area contributed by atoms with Crippen LogP contribution in [0.5, 0.6) is 5.75 Å².